The third-order valence-corrected chi connectivity index (χ3v) is 4.81. The normalized spacial score (nSPS) is 26.8. The molecule has 0 aromatic rings. The molecule has 4 N–H and O–H groups in total. The third-order valence-electron chi connectivity index (χ3n) is 4.81. The first-order valence-electron chi connectivity index (χ1n) is 8.55. The van der Waals surface area contributed by atoms with E-state index in [4.69, 9.17) is 5.73 Å². The minimum atomic E-state index is -0.564. The van der Waals surface area contributed by atoms with Gasteiger partial charge in [-0.05, 0) is 36.5 Å². The van der Waals surface area contributed by atoms with Crippen molar-refractivity contribution in [2.45, 2.75) is 66.0 Å². The largest absolute Gasteiger partial charge is 0.352 e. The van der Waals surface area contributed by atoms with Gasteiger partial charge in [-0.25, -0.2) is 0 Å². The molecule has 1 saturated carbocycles. The van der Waals surface area contributed by atoms with Crippen LogP contribution in [0.5, 0.6) is 0 Å². The Labute approximate surface area is 134 Å². The lowest BCUT2D eigenvalue weighted by molar-refractivity contribution is -0.128. The van der Waals surface area contributed by atoms with E-state index in [1.54, 1.807) is 0 Å². The summed E-state index contributed by atoms with van der Waals surface area (Å²) < 4.78 is 0. The third kappa shape index (κ3) is 5.59. The Bertz CT molecular complexity index is 382. The Morgan fingerprint density at radius 1 is 1.18 bits per heavy atom. The zero-order chi connectivity index (χ0) is 16.9. The van der Waals surface area contributed by atoms with Crippen molar-refractivity contribution in [2.75, 3.05) is 6.54 Å². The van der Waals surface area contributed by atoms with Crippen LogP contribution in [0.3, 0.4) is 0 Å². The van der Waals surface area contributed by atoms with Crippen molar-refractivity contribution in [1.82, 2.24) is 10.6 Å². The molecule has 1 aliphatic carbocycles. The fraction of sp³-hybridized carbons (Fsp3) is 0.882. The van der Waals surface area contributed by atoms with Crippen LogP contribution < -0.4 is 16.4 Å². The smallest absolute Gasteiger partial charge is 0.239 e. The highest BCUT2D eigenvalue weighted by Gasteiger charge is 2.31. The van der Waals surface area contributed by atoms with E-state index >= 15 is 0 Å². The van der Waals surface area contributed by atoms with Gasteiger partial charge >= 0.3 is 0 Å². The quantitative estimate of drug-likeness (QED) is 0.697. The Balaban J connectivity index is 2.47. The van der Waals surface area contributed by atoms with Gasteiger partial charge in [-0.1, -0.05) is 41.0 Å². The van der Waals surface area contributed by atoms with Gasteiger partial charge < -0.3 is 16.4 Å². The van der Waals surface area contributed by atoms with Gasteiger partial charge in [0.1, 0.15) is 0 Å². The zero-order valence-corrected chi connectivity index (χ0v) is 14.7. The van der Waals surface area contributed by atoms with E-state index in [1.807, 2.05) is 13.8 Å². The van der Waals surface area contributed by atoms with E-state index in [-0.39, 0.29) is 30.3 Å². The first kappa shape index (κ1) is 18.9. The molecule has 0 bridgehead atoms. The number of nitrogens with two attached hydrogens (primary N) is 1. The highest BCUT2D eigenvalue weighted by molar-refractivity contribution is 5.87. The van der Waals surface area contributed by atoms with Crippen LogP contribution in [0.1, 0.15) is 53.9 Å². The minimum Gasteiger partial charge on any atom is -0.352 e. The van der Waals surface area contributed by atoms with E-state index in [1.165, 1.54) is 6.42 Å². The zero-order valence-electron chi connectivity index (χ0n) is 14.7. The average molecular weight is 311 g/mol. The summed E-state index contributed by atoms with van der Waals surface area (Å²) in [6, 6.07) is -0.349. The molecule has 1 aliphatic rings. The molecule has 0 heterocycles. The number of carbonyl (C=O) groups is 2. The van der Waals surface area contributed by atoms with Crippen molar-refractivity contribution in [3.63, 3.8) is 0 Å². The van der Waals surface area contributed by atoms with Crippen molar-refractivity contribution in [1.29, 1.82) is 0 Å². The molecule has 5 nitrogen and oxygen atoms in total. The van der Waals surface area contributed by atoms with Crippen LogP contribution in [0.25, 0.3) is 0 Å². The van der Waals surface area contributed by atoms with Crippen molar-refractivity contribution in [3.8, 4) is 0 Å². The van der Waals surface area contributed by atoms with Crippen LogP contribution in [-0.4, -0.2) is 30.4 Å². The summed E-state index contributed by atoms with van der Waals surface area (Å²) in [6.45, 7) is 10.4. The van der Waals surface area contributed by atoms with Crippen LogP contribution in [-0.2, 0) is 9.59 Å². The molecular weight excluding hydrogens is 278 g/mol. The van der Waals surface area contributed by atoms with Crippen LogP contribution in [0.15, 0.2) is 0 Å². The SMILES string of the molecule is CC1CCC(C(C)C)C(NC(=O)CNC(=O)[C@@H](N)C(C)C)C1. The molecule has 0 aromatic carbocycles. The second kappa shape index (κ2) is 8.51. The highest BCUT2D eigenvalue weighted by Crippen LogP contribution is 2.33. The summed E-state index contributed by atoms with van der Waals surface area (Å²) in [4.78, 5) is 23.9. The molecule has 0 radical (unpaired) electrons. The molecule has 1 fully saturated rings. The van der Waals surface area contributed by atoms with Gasteiger partial charge in [0.25, 0.3) is 0 Å². The summed E-state index contributed by atoms with van der Waals surface area (Å²) in [5, 5.41) is 5.74. The molecule has 22 heavy (non-hydrogen) atoms. The number of hydrogen-bond donors (Lipinski definition) is 3. The van der Waals surface area contributed by atoms with Crippen molar-refractivity contribution in [2.24, 2.45) is 29.4 Å². The molecule has 4 atom stereocenters. The standard InChI is InChI=1S/C17H33N3O2/c1-10(2)13-7-6-12(5)8-14(13)20-15(21)9-19-17(22)16(18)11(3)4/h10-14,16H,6-9,18H2,1-5H3,(H,19,22)(H,20,21)/t12?,13?,14?,16-/m0/s1. The summed E-state index contributed by atoms with van der Waals surface area (Å²) in [6.07, 6.45) is 3.41. The lowest BCUT2D eigenvalue weighted by atomic mass is 9.74. The van der Waals surface area contributed by atoms with E-state index in [9.17, 15) is 9.59 Å². The average Bonchev–Trinajstić information content (AvgIpc) is 2.43. The van der Waals surface area contributed by atoms with Gasteiger partial charge in [0.15, 0.2) is 0 Å². The van der Waals surface area contributed by atoms with Gasteiger partial charge in [-0.3, -0.25) is 9.59 Å². The van der Waals surface area contributed by atoms with Crippen LogP contribution in [0, 0.1) is 23.7 Å². The molecule has 0 aliphatic heterocycles. The van der Waals surface area contributed by atoms with Crippen LogP contribution in [0.2, 0.25) is 0 Å². The maximum atomic E-state index is 12.1. The molecule has 5 heteroatoms. The Hall–Kier alpha value is -1.10. The Morgan fingerprint density at radius 2 is 1.82 bits per heavy atom. The van der Waals surface area contributed by atoms with E-state index < -0.39 is 6.04 Å². The molecule has 2 amide bonds. The predicted molar refractivity (Wildman–Crippen MR) is 89.1 cm³/mol. The number of rotatable bonds is 6. The molecular formula is C17H33N3O2. The second-order valence-electron chi connectivity index (χ2n) is 7.49. The van der Waals surface area contributed by atoms with E-state index in [0.717, 1.165) is 12.8 Å². The Morgan fingerprint density at radius 3 is 2.36 bits per heavy atom. The van der Waals surface area contributed by atoms with Crippen molar-refractivity contribution >= 4 is 11.8 Å². The van der Waals surface area contributed by atoms with Gasteiger partial charge in [0.05, 0.1) is 12.6 Å². The lowest BCUT2D eigenvalue weighted by Gasteiger charge is -2.37. The van der Waals surface area contributed by atoms with Crippen LogP contribution >= 0.6 is 0 Å². The molecule has 0 spiro atoms. The predicted octanol–water partition coefficient (Wildman–Crippen LogP) is 1.66. The molecule has 0 aromatic heterocycles. The van der Waals surface area contributed by atoms with Gasteiger partial charge in [0, 0.05) is 6.04 Å². The van der Waals surface area contributed by atoms with Crippen molar-refractivity contribution < 1.29 is 9.59 Å². The van der Waals surface area contributed by atoms with Gasteiger partial charge in [-0.15, -0.1) is 0 Å². The monoisotopic (exact) mass is 311 g/mol. The molecule has 3 unspecified atom stereocenters. The number of carbonyl (C=O) groups excluding carboxylic acids is 2. The van der Waals surface area contributed by atoms with Crippen molar-refractivity contribution in [3.05, 3.63) is 0 Å². The van der Waals surface area contributed by atoms with E-state index in [2.05, 4.69) is 31.4 Å². The van der Waals surface area contributed by atoms with E-state index in [0.29, 0.717) is 17.8 Å². The fourth-order valence-corrected chi connectivity index (χ4v) is 3.21. The first-order valence-corrected chi connectivity index (χ1v) is 8.55. The molecule has 128 valence electrons. The number of amides is 2. The lowest BCUT2D eigenvalue weighted by Crippen LogP contribution is -2.51. The van der Waals surface area contributed by atoms with Crippen LogP contribution in [0.4, 0.5) is 0 Å². The molecule has 1 rings (SSSR count). The summed E-state index contributed by atoms with van der Waals surface area (Å²) >= 11 is 0. The minimum absolute atomic E-state index is 0.00888. The summed E-state index contributed by atoms with van der Waals surface area (Å²) in [5.41, 5.74) is 5.77. The number of nitrogens with one attached hydrogen (secondary N) is 2. The fourth-order valence-electron chi connectivity index (χ4n) is 3.21. The summed E-state index contributed by atoms with van der Waals surface area (Å²) in [7, 11) is 0. The van der Waals surface area contributed by atoms with Gasteiger partial charge in [0.2, 0.25) is 11.8 Å². The second-order valence-corrected chi connectivity index (χ2v) is 7.49. The van der Waals surface area contributed by atoms with Gasteiger partial charge in [-0.2, -0.15) is 0 Å². The Kier molecular flexibility index (Phi) is 7.33. The molecule has 0 saturated heterocycles. The maximum absolute atomic E-state index is 12.1. The number of hydrogen-bond acceptors (Lipinski definition) is 3. The highest BCUT2D eigenvalue weighted by atomic mass is 16.2. The topological polar surface area (TPSA) is 84.2 Å². The first-order chi connectivity index (χ1) is 10.2. The summed E-state index contributed by atoms with van der Waals surface area (Å²) in [5.74, 6) is 1.41. The maximum Gasteiger partial charge on any atom is 0.239 e.